The topological polar surface area (TPSA) is 57.2 Å². The van der Waals surface area contributed by atoms with E-state index in [9.17, 15) is 9.18 Å². The average molecular weight is 437 g/mol. The fraction of sp³-hybridized carbons (Fsp3) is 0.440. The second-order valence-corrected chi connectivity index (χ2v) is 8.82. The first-order valence-electron chi connectivity index (χ1n) is 11.4. The molecule has 5 rings (SSSR count). The fourth-order valence-electron chi connectivity index (χ4n) is 5.42. The summed E-state index contributed by atoms with van der Waals surface area (Å²) in [7, 11) is 0. The van der Waals surface area contributed by atoms with Gasteiger partial charge in [0.05, 0.1) is 5.41 Å². The predicted molar refractivity (Wildman–Crippen MR) is 123 cm³/mol. The summed E-state index contributed by atoms with van der Waals surface area (Å²) in [4.78, 5) is 15.4. The van der Waals surface area contributed by atoms with Gasteiger partial charge in [0, 0.05) is 39.2 Å². The number of hydrazone groups is 1. The van der Waals surface area contributed by atoms with Crippen LogP contribution < -0.4 is 15.1 Å². The molecule has 0 aliphatic carbocycles. The Bertz CT molecular complexity index is 1020. The van der Waals surface area contributed by atoms with Gasteiger partial charge in [-0.25, -0.2) is 4.39 Å². The van der Waals surface area contributed by atoms with Crippen molar-refractivity contribution in [2.45, 2.75) is 31.2 Å². The molecule has 1 N–H and O–H groups in total. The summed E-state index contributed by atoms with van der Waals surface area (Å²) in [6, 6.07) is 14.4. The molecular weight excluding hydrogens is 407 g/mol. The molecule has 2 unspecified atom stereocenters. The number of rotatable bonds is 6. The molecule has 0 spiro atoms. The van der Waals surface area contributed by atoms with Crippen molar-refractivity contribution >= 4 is 17.2 Å². The fourth-order valence-corrected chi connectivity index (χ4v) is 5.42. The number of carbonyl (C=O) groups excluding carboxylic acids is 1. The van der Waals surface area contributed by atoms with E-state index in [-0.39, 0.29) is 17.6 Å². The highest BCUT2D eigenvalue weighted by Gasteiger charge is 2.55. The molecule has 168 valence electrons. The Morgan fingerprint density at radius 2 is 2.00 bits per heavy atom. The number of benzene rings is 2. The summed E-state index contributed by atoms with van der Waals surface area (Å²) >= 11 is 0. The van der Waals surface area contributed by atoms with Crippen LogP contribution in [0.25, 0.3) is 0 Å². The van der Waals surface area contributed by atoms with Gasteiger partial charge in [-0.1, -0.05) is 30.3 Å². The van der Waals surface area contributed by atoms with E-state index in [1.807, 2.05) is 23.2 Å². The van der Waals surface area contributed by atoms with Gasteiger partial charge in [0.25, 0.3) is 0 Å². The number of fused-ring (bicyclic) bond motifs is 3. The first-order chi connectivity index (χ1) is 15.6. The summed E-state index contributed by atoms with van der Waals surface area (Å²) in [5.41, 5.74) is 1.57. The molecule has 32 heavy (non-hydrogen) atoms. The van der Waals surface area contributed by atoms with Crippen molar-refractivity contribution in [3.8, 4) is 5.75 Å². The number of anilines is 1. The molecule has 1 fully saturated rings. The predicted octanol–water partition coefficient (Wildman–Crippen LogP) is 2.98. The third-order valence-corrected chi connectivity index (χ3v) is 6.94. The molecule has 3 aliphatic heterocycles. The molecule has 3 aliphatic rings. The van der Waals surface area contributed by atoms with Crippen LogP contribution in [0.2, 0.25) is 0 Å². The molecule has 0 saturated carbocycles. The zero-order valence-electron chi connectivity index (χ0n) is 18.4. The van der Waals surface area contributed by atoms with Crippen LogP contribution in [0.15, 0.2) is 53.6 Å². The number of ether oxygens (including phenoxy) is 1. The zero-order valence-corrected chi connectivity index (χ0v) is 18.4. The van der Waals surface area contributed by atoms with E-state index in [0.717, 1.165) is 51.1 Å². The molecule has 2 aromatic rings. The lowest BCUT2D eigenvalue weighted by molar-refractivity contribution is -0.111. The standard InChI is InChI=1S/C25H29FN4O2/c1-18(31)24-25(19-6-3-2-4-7-19,10-5-13-29-14-11-27-12-15-29)23-17-32-22-9-8-20(26)16-21(22)30(23)28-24/h2-4,6-9,16,23,27H,5,10-15,17H2,1H3. The van der Waals surface area contributed by atoms with Crippen LogP contribution in [-0.2, 0) is 10.2 Å². The van der Waals surface area contributed by atoms with Crippen molar-refractivity contribution in [3.05, 3.63) is 59.9 Å². The first-order valence-corrected chi connectivity index (χ1v) is 11.4. The van der Waals surface area contributed by atoms with Crippen molar-refractivity contribution in [2.24, 2.45) is 5.10 Å². The van der Waals surface area contributed by atoms with Crippen LogP contribution in [0, 0.1) is 5.82 Å². The Labute approximate surface area is 188 Å². The van der Waals surface area contributed by atoms with E-state index in [0.29, 0.717) is 23.8 Å². The van der Waals surface area contributed by atoms with Crippen molar-refractivity contribution in [2.75, 3.05) is 44.3 Å². The monoisotopic (exact) mass is 436 g/mol. The van der Waals surface area contributed by atoms with Gasteiger partial charge in [0.2, 0.25) is 0 Å². The molecule has 3 heterocycles. The van der Waals surface area contributed by atoms with E-state index in [1.165, 1.54) is 12.1 Å². The summed E-state index contributed by atoms with van der Waals surface area (Å²) in [5.74, 6) is 0.200. The van der Waals surface area contributed by atoms with Crippen molar-refractivity contribution < 1.29 is 13.9 Å². The summed E-state index contributed by atoms with van der Waals surface area (Å²) in [6.45, 7) is 7.04. The minimum absolute atomic E-state index is 0.0524. The SMILES string of the molecule is CC(=O)C1=NN2c3cc(F)ccc3OCC2C1(CCCN1CCNCC1)c1ccccc1. The summed E-state index contributed by atoms with van der Waals surface area (Å²) in [5, 5.41) is 10.0. The third-order valence-electron chi connectivity index (χ3n) is 6.94. The third kappa shape index (κ3) is 3.59. The minimum atomic E-state index is -0.606. The van der Waals surface area contributed by atoms with Crippen LogP contribution in [0.1, 0.15) is 25.3 Å². The second-order valence-electron chi connectivity index (χ2n) is 8.82. The lowest BCUT2D eigenvalue weighted by atomic mass is 9.67. The lowest BCUT2D eigenvalue weighted by Crippen LogP contribution is -2.54. The highest BCUT2D eigenvalue weighted by molar-refractivity contribution is 6.43. The molecule has 2 aromatic carbocycles. The molecule has 6 nitrogen and oxygen atoms in total. The Hall–Kier alpha value is -2.77. The van der Waals surface area contributed by atoms with Gasteiger partial charge >= 0.3 is 0 Å². The normalized spacial score (nSPS) is 25.0. The molecule has 2 atom stereocenters. The number of halogens is 1. The van der Waals surface area contributed by atoms with Gasteiger partial charge in [-0.05, 0) is 37.1 Å². The van der Waals surface area contributed by atoms with Gasteiger partial charge in [-0.15, -0.1) is 0 Å². The number of hydrogen-bond acceptors (Lipinski definition) is 6. The second kappa shape index (κ2) is 8.64. The van der Waals surface area contributed by atoms with Crippen LogP contribution in [0.3, 0.4) is 0 Å². The molecule has 0 aromatic heterocycles. The van der Waals surface area contributed by atoms with Crippen LogP contribution in [0.4, 0.5) is 10.1 Å². The highest BCUT2D eigenvalue weighted by Crippen LogP contribution is 2.48. The number of Topliss-reactive ketones (excluding diaryl/α,β-unsaturated/α-hetero) is 1. The van der Waals surface area contributed by atoms with Crippen molar-refractivity contribution in [1.29, 1.82) is 0 Å². The summed E-state index contributed by atoms with van der Waals surface area (Å²) in [6.07, 6.45) is 1.70. The maximum absolute atomic E-state index is 14.1. The molecule has 0 bridgehead atoms. The molecule has 0 radical (unpaired) electrons. The first kappa shape index (κ1) is 21.1. The maximum Gasteiger partial charge on any atom is 0.176 e. The van der Waals surface area contributed by atoms with Gasteiger partial charge in [0.15, 0.2) is 5.78 Å². The average Bonchev–Trinajstić information content (AvgIpc) is 3.16. The Morgan fingerprint density at radius 1 is 1.22 bits per heavy atom. The molecule has 1 saturated heterocycles. The maximum atomic E-state index is 14.1. The van der Waals surface area contributed by atoms with E-state index < -0.39 is 5.41 Å². The van der Waals surface area contributed by atoms with Gasteiger partial charge < -0.3 is 15.0 Å². The number of hydrogen-bond donors (Lipinski definition) is 1. The quantitative estimate of drug-likeness (QED) is 0.755. The largest absolute Gasteiger partial charge is 0.489 e. The number of nitrogens with zero attached hydrogens (tertiary/aromatic N) is 3. The van der Waals surface area contributed by atoms with Crippen molar-refractivity contribution in [3.63, 3.8) is 0 Å². The number of piperazine rings is 1. The molecule has 7 heteroatoms. The summed E-state index contributed by atoms with van der Waals surface area (Å²) < 4.78 is 20.2. The Balaban J connectivity index is 1.54. The van der Waals surface area contributed by atoms with E-state index in [1.54, 1.807) is 13.0 Å². The number of nitrogens with one attached hydrogen (secondary N) is 1. The van der Waals surface area contributed by atoms with E-state index in [2.05, 4.69) is 22.3 Å². The zero-order chi connectivity index (χ0) is 22.1. The molecule has 0 amide bonds. The lowest BCUT2D eigenvalue weighted by Gasteiger charge is -2.42. The van der Waals surface area contributed by atoms with Crippen LogP contribution in [-0.4, -0.2) is 61.8 Å². The minimum Gasteiger partial charge on any atom is -0.489 e. The van der Waals surface area contributed by atoms with Crippen molar-refractivity contribution in [1.82, 2.24) is 10.2 Å². The smallest absolute Gasteiger partial charge is 0.176 e. The van der Waals surface area contributed by atoms with E-state index in [4.69, 9.17) is 9.84 Å². The highest BCUT2D eigenvalue weighted by atomic mass is 19.1. The van der Waals surface area contributed by atoms with Gasteiger partial charge in [0.1, 0.15) is 35.6 Å². The Morgan fingerprint density at radius 3 is 2.75 bits per heavy atom. The van der Waals surface area contributed by atoms with Gasteiger partial charge in [-0.2, -0.15) is 5.10 Å². The van der Waals surface area contributed by atoms with Crippen LogP contribution >= 0.6 is 0 Å². The Kier molecular flexibility index (Phi) is 5.69. The molecular formula is C25H29FN4O2. The number of ketones is 1. The number of carbonyl (C=O) groups is 1. The van der Waals surface area contributed by atoms with Crippen LogP contribution in [0.5, 0.6) is 5.75 Å². The van der Waals surface area contributed by atoms with E-state index >= 15 is 0 Å². The van der Waals surface area contributed by atoms with Gasteiger partial charge in [-0.3, -0.25) is 9.80 Å².